The highest BCUT2D eigenvalue weighted by molar-refractivity contribution is 7.91. The van der Waals surface area contributed by atoms with Crippen molar-refractivity contribution in [3.05, 3.63) is 29.3 Å². The van der Waals surface area contributed by atoms with Crippen LogP contribution in [0.4, 0.5) is 4.79 Å². The molecule has 1 aliphatic heterocycles. The van der Waals surface area contributed by atoms with E-state index in [9.17, 15) is 18.0 Å². The van der Waals surface area contributed by atoms with Crippen molar-refractivity contribution in [1.82, 2.24) is 10.2 Å². The lowest BCUT2D eigenvalue weighted by Gasteiger charge is -2.30. The average Bonchev–Trinajstić information content (AvgIpc) is 2.55. The molecule has 0 saturated carbocycles. The van der Waals surface area contributed by atoms with Crippen LogP contribution in [-0.4, -0.2) is 55.8 Å². The van der Waals surface area contributed by atoms with Crippen molar-refractivity contribution in [1.29, 1.82) is 0 Å². The number of sulfone groups is 1. The van der Waals surface area contributed by atoms with Crippen LogP contribution in [0, 0.1) is 5.92 Å². The van der Waals surface area contributed by atoms with Gasteiger partial charge in [-0.3, -0.25) is 4.79 Å². The molecule has 1 aromatic rings. The number of likely N-dealkylation sites (tertiary alicyclic amines) is 1. The van der Waals surface area contributed by atoms with Gasteiger partial charge in [0.1, 0.15) is 0 Å². The van der Waals surface area contributed by atoms with Gasteiger partial charge in [0, 0.05) is 24.7 Å². The molecule has 1 unspecified atom stereocenters. The fraction of sp³-hybridized carbons (Fsp3) is 0.467. The van der Waals surface area contributed by atoms with E-state index in [0.29, 0.717) is 24.4 Å². The molecule has 1 atom stereocenters. The number of amides is 2. The third kappa shape index (κ3) is 4.85. The van der Waals surface area contributed by atoms with Crippen LogP contribution in [0.5, 0.6) is 0 Å². The van der Waals surface area contributed by atoms with Crippen molar-refractivity contribution >= 4 is 33.4 Å². The first-order chi connectivity index (χ1) is 11.3. The Morgan fingerprint density at radius 3 is 2.58 bits per heavy atom. The van der Waals surface area contributed by atoms with Gasteiger partial charge in [0.25, 0.3) is 0 Å². The molecule has 0 aliphatic carbocycles. The normalized spacial score (nSPS) is 18.2. The first-order valence-corrected chi connectivity index (χ1v) is 9.56. The number of carboxylic acids is 1. The minimum absolute atomic E-state index is 0.0436. The second-order valence-corrected chi connectivity index (χ2v) is 8.17. The number of carbonyl (C=O) groups is 2. The van der Waals surface area contributed by atoms with Crippen LogP contribution in [0.3, 0.4) is 0 Å². The van der Waals surface area contributed by atoms with E-state index < -0.39 is 27.8 Å². The van der Waals surface area contributed by atoms with Crippen molar-refractivity contribution in [2.75, 3.05) is 25.4 Å². The van der Waals surface area contributed by atoms with E-state index in [2.05, 4.69) is 5.32 Å². The summed E-state index contributed by atoms with van der Waals surface area (Å²) in [6.07, 6.45) is 1.16. The number of carbonyl (C=O) groups excluding carboxylic acids is 1. The summed E-state index contributed by atoms with van der Waals surface area (Å²) in [4.78, 5) is 24.6. The molecule has 24 heavy (non-hydrogen) atoms. The maximum Gasteiger partial charge on any atom is 0.317 e. The molecule has 1 saturated heterocycles. The number of hydrogen-bond donors (Lipinski definition) is 2. The summed E-state index contributed by atoms with van der Waals surface area (Å²) in [5.74, 6) is -1.73. The number of carboxylic acid groups (broad SMARTS) is 1. The maximum absolute atomic E-state index is 12.2. The number of benzene rings is 1. The monoisotopic (exact) mass is 374 g/mol. The first-order valence-electron chi connectivity index (χ1n) is 7.53. The van der Waals surface area contributed by atoms with E-state index in [1.54, 1.807) is 0 Å². The fourth-order valence-electron chi connectivity index (χ4n) is 2.53. The van der Waals surface area contributed by atoms with Gasteiger partial charge in [-0.15, -0.1) is 0 Å². The summed E-state index contributed by atoms with van der Waals surface area (Å²) in [5.41, 5.74) is 0. The Labute approximate surface area is 145 Å². The Morgan fingerprint density at radius 2 is 1.96 bits per heavy atom. The van der Waals surface area contributed by atoms with Crippen molar-refractivity contribution in [3.8, 4) is 0 Å². The van der Waals surface area contributed by atoms with Crippen molar-refractivity contribution in [3.63, 3.8) is 0 Å². The van der Waals surface area contributed by atoms with Gasteiger partial charge in [-0.2, -0.15) is 0 Å². The number of nitrogens with zero attached hydrogens (tertiary/aromatic N) is 1. The lowest BCUT2D eigenvalue weighted by atomic mass is 9.99. The molecule has 132 valence electrons. The molecule has 1 fully saturated rings. The number of rotatable bonds is 5. The predicted octanol–water partition coefficient (Wildman–Crippen LogP) is 1.62. The topological polar surface area (TPSA) is 104 Å². The first kappa shape index (κ1) is 18.5. The number of nitrogens with one attached hydrogen (secondary N) is 1. The zero-order valence-corrected chi connectivity index (χ0v) is 14.5. The molecular formula is C15H19ClN2O5S. The Bertz CT molecular complexity index is 705. The van der Waals surface area contributed by atoms with Gasteiger partial charge in [-0.25, -0.2) is 13.2 Å². The van der Waals surface area contributed by atoms with Gasteiger partial charge >= 0.3 is 12.0 Å². The van der Waals surface area contributed by atoms with E-state index in [1.807, 2.05) is 0 Å². The lowest BCUT2D eigenvalue weighted by molar-refractivity contribution is -0.143. The Balaban J connectivity index is 1.85. The van der Waals surface area contributed by atoms with Crippen LogP contribution < -0.4 is 5.32 Å². The Morgan fingerprint density at radius 1 is 1.29 bits per heavy atom. The van der Waals surface area contributed by atoms with Crippen LogP contribution in [0.2, 0.25) is 5.02 Å². The van der Waals surface area contributed by atoms with Gasteiger partial charge in [-0.1, -0.05) is 11.6 Å². The molecular weight excluding hydrogens is 356 g/mol. The smallest absolute Gasteiger partial charge is 0.317 e. The summed E-state index contributed by atoms with van der Waals surface area (Å²) in [5, 5.41) is 12.0. The highest BCUT2D eigenvalue weighted by atomic mass is 35.5. The second kappa shape index (κ2) is 7.85. The van der Waals surface area contributed by atoms with E-state index in [0.717, 1.165) is 0 Å². The third-order valence-electron chi connectivity index (χ3n) is 3.88. The molecule has 0 spiro atoms. The Hall–Kier alpha value is -1.80. The number of hydrogen-bond acceptors (Lipinski definition) is 4. The number of urea groups is 1. The predicted molar refractivity (Wildman–Crippen MR) is 88.8 cm³/mol. The Kier molecular flexibility index (Phi) is 6.06. The molecule has 2 amide bonds. The van der Waals surface area contributed by atoms with Gasteiger partial charge < -0.3 is 15.3 Å². The molecule has 0 aromatic heterocycles. The lowest BCUT2D eigenvalue weighted by Crippen LogP contribution is -2.47. The number of piperidine rings is 1. The zero-order valence-electron chi connectivity index (χ0n) is 12.9. The molecule has 1 aliphatic rings. The van der Waals surface area contributed by atoms with E-state index in [-0.39, 0.29) is 23.7 Å². The largest absolute Gasteiger partial charge is 0.481 e. The van der Waals surface area contributed by atoms with Crippen LogP contribution in [0.25, 0.3) is 0 Å². The SMILES string of the molecule is O=C(O)C1CCCN(C(=O)NCCS(=O)(=O)c2ccc(Cl)cc2)C1. The van der Waals surface area contributed by atoms with E-state index >= 15 is 0 Å². The summed E-state index contributed by atoms with van der Waals surface area (Å²) in [6.45, 7) is 0.572. The standard InChI is InChI=1S/C15H19ClN2O5S/c16-12-3-5-13(6-4-12)24(22,23)9-7-17-15(21)18-8-1-2-11(10-18)14(19)20/h3-6,11H,1-2,7-10H2,(H,17,21)(H,19,20). The molecule has 0 radical (unpaired) electrons. The molecule has 7 nitrogen and oxygen atoms in total. The van der Waals surface area contributed by atoms with Crippen molar-refractivity contribution in [2.45, 2.75) is 17.7 Å². The zero-order chi connectivity index (χ0) is 17.7. The average molecular weight is 375 g/mol. The van der Waals surface area contributed by atoms with Crippen LogP contribution in [0.15, 0.2) is 29.2 Å². The van der Waals surface area contributed by atoms with Gasteiger partial charge in [0.15, 0.2) is 9.84 Å². The van der Waals surface area contributed by atoms with Crippen LogP contribution >= 0.6 is 11.6 Å². The third-order valence-corrected chi connectivity index (χ3v) is 5.86. The van der Waals surface area contributed by atoms with Crippen LogP contribution in [-0.2, 0) is 14.6 Å². The maximum atomic E-state index is 12.2. The molecule has 1 heterocycles. The summed E-state index contributed by atoms with van der Waals surface area (Å²) >= 11 is 5.73. The summed E-state index contributed by atoms with van der Waals surface area (Å²) in [7, 11) is -3.51. The molecule has 1 aromatic carbocycles. The highest BCUT2D eigenvalue weighted by Crippen LogP contribution is 2.17. The van der Waals surface area contributed by atoms with E-state index in [4.69, 9.17) is 16.7 Å². The molecule has 0 bridgehead atoms. The van der Waals surface area contributed by atoms with E-state index in [1.165, 1.54) is 29.2 Å². The molecule has 2 N–H and O–H groups in total. The van der Waals surface area contributed by atoms with Crippen molar-refractivity contribution in [2.24, 2.45) is 5.92 Å². The number of aliphatic carboxylic acids is 1. The van der Waals surface area contributed by atoms with Crippen LogP contribution in [0.1, 0.15) is 12.8 Å². The summed E-state index contributed by atoms with van der Waals surface area (Å²) in [6, 6.07) is 5.38. The summed E-state index contributed by atoms with van der Waals surface area (Å²) < 4.78 is 24.3. The number of halogens is 1. The van der Waals surface area contributed by atoms with Gasteiger partial charge in [-0.05, 0) is 37.1 Å². The quantitative estimate of drug-likeness (QED) is 0.815. The minimum Gasteiger partial charge on any atom is -0.481 e. The minimum atomic E-state index is -3.51. The highest BCUT2D eigenvalue weighted by Gasteiger charge is 2.28. The van der Waals surface area contributed by atoms with Gasteiger partial charge in [0.05, 0.1) is 16.6 Å². The molecule has 2 rings (SSSR count). The van der Waals surface area contributed by atoms with Gasteiger partial charge in [0.2, 0.25) is 0 Å². The second-order valence-electron chi connectivity index (χ2n) is 5.63. The molecule has 9 heteroatoms. The fourth-order valence-corrected chi connectivity index (χ4v) is 3.81. The van der Waals surface area contributed by atoms with Crippen molar-refractivity contribution < 1.29 is 23.1 Å².